The first-order chi connectivity index (χ1) is 7.77. The van der Waals surface area contributed by atoms with E-state index in [4.69, 9.17) is 15.7 Å². The van der Waals surface area contributed by atoms with E-state index in [2.05, 4.69) is 22.0 Å². The molecular weight excluding hydrogens is 268 g/mol. The van der Waals surface area contributed by atoms with Gasteiger partial charge in [-0.15, -0.1) is 0 Å². The molecule has 1 rings (SSSR count). The summed E-state index contributed by atoms with van der Waals surface area (Å²) in [5.41, 5.74) is 6.62. The quantitative estimate of drug-likeness (QED) is 0.816. The predicted octanol–water partition coefficient (Wildman–Crippen LogP) is 2.98. The lowest BCUT2D eigenvalue weighted by Gasteiger charge is -2.10. The van der Waals surface area contributed by atoms with E-state index >= 15 is 0 Å². The Morgan fingerprint density at radius 2 is 2.19 bits per heavy atom. The van der Waals surface area contributed by atoms with Crippen LogP contribution in [-0.4, -0.2) is 6.61 Å². The van der Waals surface area contributed by atoms with Crippen LogP contribution >= 0.6 is 15.9 Å². The summed E-state index contributed by atoms with van der Waals surface area (Å²) in [5.74, 6) is 0.836. The number of rotatable bonds is 6. The maximum atomic E-state index is 8.38. The van der Waals surface area contributed by atoms with Crippen molar-refractivity contribution in [2.24, 2.45) is 5.73 Å². The van der Waals surface area contributed by atoms with Gasteiger partial charge >= 0.3 is 0 Å². The summed E-state index contributed by atoms with van der Waals surface area (Å²) in [4.78, 5) is 0. The largest absolute Gasteiger partial charge is 0.493 e. The third-order valence-corrected chi connectivity index (χ3v) is 2.68. The lowest BCUT2D eigenvalue weighted by molar-refractivity contribution is 0.304. The summed E-state index contributed by atoms with van der Waals surface area (Å²) in [6.07, 6.45) is 2.37. The van der Waals surface area contributed by atoms with Crippen molar-refractivity contribution in [3.63, 3.8) is 0 Å². The Balaban J connectivity index is 2.44. The molecule has 4 heteroatoms. The second-order valence-corrected chi connectivity index (χ2v) is 4.34. The predicted molar refractivity (Wildman–Crippen MR) is 67.0 cm³/mol. The number of unbranched alkanes of at least 4 members (excludes halogenated alkanes) is 2. The molecule has 16 heavy (non-hydrogen) atoms. The van der Waals surface area contributed by atoms with Gasteiger partial charge in [0.05, 0.1) is 12.7 Å². The number of halogens is 1. The van der Waals surface area contributed by atoms with Gasteiger partial charge in [-0.2, -0.15) is 5.26 Å². The fourth-order valence-electron chi connectivity index (χ4n) is 1.34. The van der Waals surface area contributed by atoms with E-state index in [1.165, 1.54) is 0 Å². The molecule has 0 fully saturated rings. The molecule has 1 aromatic rings. The van der Waals surface area contributed by atoms with E-state index in [1.807, 2.05) is 18.2 Å². The summed E-state index contributed by atoms with van der Waals surface area (Å²) in [6.45, 7) is 1.10. The summed E-state index contributed by atoms with van der Waals surface area (Å²) in [7, 11) is 0. The normalized spacial score (nSPS) is 9.81. The van der Waals surface area contributed by atoms with E-state index in [0.29, 0.717) is 19.6 Å². The molecule has 0 saturated heterocycles. The van der Waals surface area contributed by atoms with Crippen LogP contribution in [0.25, 0.3) is 0 Å². The molecule has 0 unspecified atom stereocenters. The molecule has 0 bridgehead atoms. The molecule has 0 aliphatic carbocycles. The molecule has 0 amide bonds. The standard InChI is InChI=1S/C12H15BrN2O/c13-11-4-5-12(10(8-11)9-15)16-7-3-1-2-6-14/h4-5,8H,1-3,7,9,15H2. The second kappa shape index (κ2) is 7.26. The molecule has 0 heterocycles. The number of benzene rings is 1. The molecule has 0 saturated carbocycles. The number of nitriles is 1. The molecular formula is C12H15BrN2O. The molecule has 2 N–H and O–H groups in total. The summed E-state index contributed by atoms with van der Waals surface area (Å²) < 4.78 is 6.62. The SMILES string of the molecule is N#CCCCCOc1ccc(Br)cc1CN. The maximum absolute atomic E-state index is 8.38. The second-order valence-electron chi connectivity index (χ2n) is 3.42. The molecule has 0 aliphatic heterocycles. The summed E-state index contributed by atoms with van der Waals surface area (Å²) in [5, 5.41) is 8.38. The first kappa shape index (κ1) is 13.0. The number of nitrogens with zero attached hydrogens (tertiary/aromatic N) is 1. The van der Waals surface area contributed by atoms with Crippen LogP contribution in [-0.2, 0) is 6.54 Å². The zero-order chi connectivity index (χ0) is 11.8. The van der Waals surface area contributed by atoms with Crippen LogP contribution in [0.5, 0.6) is 5.75 Å². The highest BCUT2D eigenvalue weighted by Crippen LogP contribution is 2.22. The van der Waals surface area contributed by atoms with E-state index in [0.717, 1.165) is 28.6 Å². The van der Waals surface area contributed by atoms with Crippen LogP contribution < -0.4 is 10.5 Å². The van der Waals surface area contributed by atoms with Gasteiger partial charge in [-0.3, -0.25) is 0 Å². The Kier molecular flexibility index (Phi) is 5.91. The van der Waals surface area contributed by atoms with E-state index in [9.17, 15) is 0 Å². The summed E-state index contributed by atoms with van der Waals surface area (Å²) in [6, 6.07) is 7.93. The van der Waals surface area contributed by atoms with Crippen LogP contribution in [0.2, 0.25) is 0 Å². The lowest BCUT2D eigenvalue weighted by Crippen LogP contribution is -2.03. The molecule has 0 aliphatic rings. The van der Waals surface area contributed by atoms with Gasteiger partial charge < -0.3 is 10.5 Å². The third-order valence-electron chi connectivity index (χ3n) is 2.18. The van der Waals surface area contributed by atoms with Crippen molar-refractivity contribution in [1.82, 2.24) is 0 Å². The van der Waals surface area contributed by atoms with Crippen molar-refractivity contribution in [2.75, 3.05) is 6.61 Å². The van der Waals surface area contributed by atoms with Gasteiger partial charge in [-0.05, 0) is 31.0 Å². The highest BCUT2D eigenvalue weighted by Gasteiger charge is 2.02. The van der Waals surface area contributed by atoms with Crippen LogP contribution in [0.4, 0.5) is 0 Å². The highest BCUT2D eigenvalue weighted by atomic mass is 79.9. The van der Waals surface area contributed by atoms with Gasteiger partial charge in [0.2, 0.25) is 0 Å². The topological polar surface area (TPSA) is 59.0 Å². The van der Waals surface area contributed by atoms with Crippen LogP contribution in [0.15, 0.2) is 22.7 Å². The average Bonchev–Trinajstić information content (AvgIpc) is 2.30. The molecule has 86 valence electrons. The van der Waals surface area contributed by atoms with Gasteiger partial charge in [0.25, 0.3) is 0 Å². The molecule has 0 spiro atoms. The van der Waals surface area contributed by atoms with Crippen LogP contribution in [0, 0.1) is 11.3 Å². The van der Waals surface area contributed by atoms with Crippen molar-refractivity contribution >= 4 is 15.9 Å². The van der Waals surface area contributed by atoms with Crippen molar-refractivity contribution in [1.29, 1.82) is 5.26 Å². The van der Waals surface area contributed by atoms with Crippen molar-refractivity contribution in [3.8, 4) is 11.8 Å². The smallest absolute Gasteiger partial charge is 0.123 e. The number of ether oxygens (including phenoxy) is 1. The Labute approximate surface area is 104 Å². The van der Waals surface area contributed by atoms with Gasteiger partial charge in [-0.25, -0.2) is 0 Å². The van der Waals surface area contributed by atoms with Gasteiger partial charge in [-0.1, -0.05) is 15.9 Å². The van der Waals surface area contributed by atoms with E-state index in [1.54, 1.807) is 0 Å². The lowest BCUT2D eigenvalue weighted by atomic mass is 10.2. The first-order valence-electron chi connectivity index (χ1n) is 5.26. The summed E-state index contributed by atoms with van der Waals surface area (Å²) >= 11 is 3.39. The average molecular weight is 283 g/mol. The van der Waals surface area contributed by atoms with Crippen molar-refractivity contribution < 1.29 is 4.74 Å². The first-order valence-corrected chi connectivity index (χ1v) is 6.05. The molecule has 0 atom stereocenters. The minimum atomic E-state index is 0.465. The Hall–Kier alpha value is -1.05. The molecule has 3 nitrogen and oxygen atoms in total. The Morgan fingerprint density at radius 1 is 1.38 bits per heavy atom. The zero-order valence-electron chi connectivity index (χ0n) is 9.08. The fourth-order valence-corrected chi connectivity index (χ4v) is 1.75. The third kappa shape index (κ3) is 4.21. The van der Waals surface area contributed by atoms with Gasteiger partial charge in [0, 0.05) is 23.0 Å². The van der Waals surface area contributed by atoms with E-state index in [-0.39, 0.29) is 0 Å². The van der Waals surface area contributed by atoms with Crippen molar-refractivity contribution in [3.05, 3.63) is 28.2 Å². The monoisotopic (exact) mass is 282 g/mol. The Morgan fingerprint density at radius 3 is 2.88 bits per heavy atom. The molecule has 0 aromatic heterocycles. The number of nitrogens with two attached hydrogens (primary N) is 1. The van der Waals surface area contributed by atoms with E-state index < -0.39 is 0 Å². The van der Waals surface area contributed by atoms with Crippen LogP contribution in [0.3, 0.4) is 0 Å². The zero-order valence-corrected chi connectivity index (χ0v) is 10.7. The minimum absolute atomic E-state index is 0.465. The minimum Gasteiger partial charge on any atom is -0.493 e. The molecule has 0 radical (unpaired) electrons. The number of hydrogen-bond donors (Lipinski definition) is 1. The molecule has 1 aromatic carbocycles. The highest BCUT2D eigenvalue weighted by molar-refractivity contribution is 9.10. The van der Waals surface area contributed by atoms with Gasteiger partial charge in [0.15, 0.2) is 0 Å². The number of hydrogen-bond acceptors (Lipinski definition) is 3. The van der Waals surface area contributed by atoms with Gasteiger partial charge in [0.1, 0.15) is 5.75 Å². The Bertz CT molecular complexity index is 374. The van der Waals surface area contributed by atoms with Crippen molar-refractivity contribution in [2.45, 2.75) is 25.8 Å². The fraction of sp³-hybridized carbons (Fsp3) is 0.417. The maximum Gasteiger partial charge on any atom is 0.123 e. The van der Waals surface area contributed by atoms with Crippen LogP contribution in [0.1, 0.15) is 24.8 Å².